The highest BCUT2D eigenvalue weighted by Crippen LogP contribution is 2.40. The van der Waals surface area contributed by atoms with E-state index in [0.29, 0.717) is 22.7 Å². The molecule has 6 heteroatoms. The highest BCUT2D eigenvalue weighted by atomic mass is 19.1. The molecular weight excluding hydrogens is 326 g/mol. The molecule has 1 aliphatic rings. The molecule has 1 aromatic heterocycles. The van der Waals surface area contributed by atoms with Crippen LogP contribution in [0.2, 0.25) is 0 Å². The minimum absolute atomic E-state index is 0.251. The second-order valence-corrected chi connectivity index (χ2v) is 5.97. The third-order valence-electron chi connectivity index (χ3n) is 4.00. The molecule has 1 amide bonds. The molecule has 0 radical (unpaired) electrons. The number of fused-ring (bicyclic) bond motifs is 1. The van der Waals surface area contributed by atoms with Gasteiger partial charge in [0.15, 0.2) is 11.5 Å². The van der Waals surface area contributed by atoms with Crippen molar-refractivity contribution in [2.45, 2.75) is 18.8 Å². The zero-order chi connectivity index (χ0) is 17.4. The Bertz CT molecular complexity index is 970. The first-order valence-corrected chi connectivity index (χ1v) is 7.94. The number of nitrogens with zero attached hydrogens (tertiary/aromatic N) is 1. The molecule has 1 aliphatic carbocycles. The number of oxazole rings is 1. The number of anilines is 1. The Morgan fingerprint density at radius 1 is 1.20 bits per heavy atom. The molecule has 1 heterocycles. The standard InChI is InChI=1S/C19H14F2N2O2/c20-14-2-1-3-15(21)13(14)7-9-18(24)22-12-6-8-17-16(10-12)23-19(25-17)11-4-5-11/h1-3,6-11H,4-5H2,(H,22,24)/b9-7+. The van der Waals surface area contributed by atoms with Gasteiger partial charge in [-0.25, -0.2) is 13.8 Å². The maximum Gasteiger partial charge on any atom is 0.248 e. The first-order chi connectivity index (χ1) is 12.1. The summed E-state index contributed by atoms with van der Waals surface area (Å²) in [5.41, 5.74) is 1.62. The van der Waals surface area contributed by atoms with E-state index >= 15 is 0 Å². The van der Waals surface area contributed by atoms with E-state index in [9.17, 15) is 13.6 Å². The summed E-state index contributed by atoms with van der Waals surface area (Å²) in [5.74, 6) is -0.799. The zero-order valence-corrected chi connectivity index (χ0v) is 13.1. The van der Waals surface area contributed by atoms with Crippen molar-refractivity contribution < 1.29 is 18.0 Å². The number of amides is 1. The predicted octanol–water partition coefficient (Wildman–Crippen LogP) is 4.64. The Labute approximate surface area is 142 Å². The molecule has 1 N–H and O–H groups in total. The van der Waals surface area contributed by atoms with E-state index in [1.54, 1.807) is 18.2 Å². The van der Waals surface area contributed by atoms with E-state index in [4.69, 9.17) is 4.42 Å². The van der Waals surface area contributed by atoms with Crippen LogP contribution in [-0.4, -0.2) is 10.9 Å². The molecule has 25 heavy (non-hydrogen) atoms. The fourth-order valence-electron chi connectivity index (χ4n) is 2.54. The topological polar surface area (TPSA) is 55.1 Å². The number of carbonyl (C=O) groups excluding carboxylic acids is 1. The Morgan fingerprint density at radius 2 is 1.96 bits per heavy atom. The lowest BCUT2D eigenvalue weighted by Gasteiger charge is -2.02. The number of halogens is 2. The third kappa shape index (κ3) is 3.28. The molecule has 0 spiro atoms. The van der Waals surface area contributed by atoms with E-state index in [2.05, 4.69) is 10.3 Å². The lowest BCUT2D eigenvalue weighted by Crippen LogP contribution is -2.07. The molecule has 0 bridgehead atoms. The van der Waals surface area contributed by atoms with Crippen molar-refractivity contribution in [3.8, 4) is 0 Å². The molecule has 0 aliphatic heterocycles. The fourth-order valence-corrected chi connectivity index (χ4v) is 2.54. The van der Waals surface area contributed by atoms with E-state index < -0.39 is 17.5 Å². The van der Waals surface area contributed by atoms with Crippen molar-refractivity contribution in [2.75, 3.05) is 5.32 Å². The molecule has 0 atom stereocenters. The van der Waals surface area contributed by atoms with Gasteiger partial charge in [-0.15, -0.1) is 0 Å². The maximum atomic E-state index is 13.5. The summed E-state index contributed by atoms with van der Waals surface area (Å²) in [6.07, 6.45) is 4.38. The van der Waals surface area contributed by atoms with Gasteiger partial charge in [0.05, 0.1) is 0 Å². The van der Waals surface area contributed by atoms with E-state index in [1.165, 1.54) is 6.07 Å². The number of benzene rings is 2. The van der Waals surface area contributed by atoms with Crippen molar-refractivity contribution in [3.63, 3.8) is 0 Å². The van der Waals surface area contributed by atoms with E-state index in [0.717, 1.165) is 43.0 Å². The summed E-state index contributed by atoms with van der Waals surface area (Å²) in [4.78, 5) is 16.4. The number of aromatic nitrogens is 1. The van der Waals surface area contributed by atoms with Crippen molar-refractivity contribution in [3.05, 3.63) is 65.6 Å². The van der Waals surface area contributed by atoms with Crippen LogP contribution < -0.4 is 5.32 Å². The van der Waals surface area contributed by atoms with Gasteiger partial charge in [-0.3, -0.25) is 4.79 Å². The van der Waals surface area contributed by atoms with Crippen LogP contribution in [0.4, 0.5) is 14.5 Å². The minimum Gasteiger partial charge on any atom is -0.440 e. The van der Waals surface area contributed by atoms with Gasteiger partial charge in [0.25, 0.3) is 0 Å². The Kier molecular flexibility index (Phi) is 3.80. The summed E-state index contributed by atoms with van der Waals surface area (Å²) in [5, 5.41) is 2.65. The number of nitrogens with one attached hydrogen (secondary N) is 1. The molecule has 0 unspecified atom stereocenters. The zero-order valence-electron chi connectivity index (χ0n) is 13.1. The van der Waals surface area contributed by atoms with Gasteiger partial charge >= 0.3 is 0 Å². The van der Waals surface area contributed by atoms with Crippen LogP contribution in [0.1, 0.15) is 30.2 Å². The summed E-state index contributed by atoms with van der Waals surface area (Å²) < 4.78 is 32.7. The van der Waals surface area contributed by atoms with Gasteiger partial charge in [-0.05, 0) is 49.2 Å². The second kappa shape index (κ2) is 6.12. The lowest BCUT2D eigenvalue weighted by molar-refractivity contribution is -0.111. The van der Waals surface area contributed by atoms with Crippen LogP contribution in [0.15, 0.2) is 46.9 Å². The fraction of sp³-hybridized carbons (Fsp3) is 0.158. The quantitative estimate of drug-likeness (QED) is 0.704. The van der Waals surface area contributed by atoms with Crippen LogP contribution in [0.5, 0.6) is 0 Å². The maximum absolute atomic E-state index is 13.5. The average molecular weight is 340 g/mol. The second-order valence-electron chi connectivity index (χ2n) is 5.97. The first-order valence-electron chi connectivity index (χ1n) is 7.94. The minimum atomic E-state index is -0.722. The van der Waals surface area contributed by atoms with Crippen LogP contribution in [0, 0.1) is 11.6 Å². The Balaban J connectivity index is 1.50. The number of carbonyl (C=O) groups is 1. The van der Waals surface area contributed by atoms with E-state index in [-0.39, 0.29) is 5.56 Å². The van der Waals surface area contributed by atoms with Gasteiger partial charge in [0.2, 0.25) is 5.91 Å². The predicted molar refractivity (Wildman–Crippen MR) is 90.0 cm³/mol. The number of hydrogen-bond acceptors (Lipinski definition) is 3. The smallest absolute Gasteiger partial charge is 0.248 e. The molecule has 4 nitrogen and oxygen atoms in total. The molecular formula is C19H14F2N2O2. The van der Waals surface area contributed by atoms with Crippen LogP contribution in [-0.2, 0) is 4.79 Å². The lowest BCUT2D eigenvalue weighted by atomic mass is 10.2. The van der Waals surface area contributed by atoms with Gasteiger partial charge in [-0.1, -0.05) is 6.07 Å². The molecule has 2 aromatic carbocycles. The largest absolute Gasteiger partial charge is 0.440 e. The van der Waals surface area contributed by atoms with Gasteiger partial charge in [-0.2, -0.15) is 0 Å². The molecule has 1 saturated carbocycles. The average Bonchev–Trinajstić information content (AvgIpc) is 3.34. The number of rotatable bonds is 4. The van der Waals surface area contributed by atoms with Gasteiger partial charge in [0.1, 0.15) is 17.2 Å². The summed E-state index contributed by atoms with van der Waals surface area (Å²) in [7, 11) is 0. The Hall–Kier alpha value is -3.02. The highest BCUT2D eigenvalue weighted by molar-refractivity contribution is 6.02. The van der Waals surface area contributed by atoms with Crippen LogP contribution >= 0.6 is 0 Å². The molecule has 4 rings (SSSR count). The number of hydrogen-bond donors (Lipinski definition) is 1. The molecule has 3 aromatic rings. The third-order valence-corrected chi connectivity index (χ3v) is 4.00. The van der Waals surface area contributed by atoms with Gasteiger partial charge < -0.3 is 9.73 Å². The van der Waals surface area contributed by atoms with Crippen LogP contribution in [0.3, 0.4) is 0 Å². The van der Waals surface area contributed by atoms with Crippen molar-refractivity contribution in [1.29, 1.82) is 0 Å². The first kappa shape index (κ1) is 15.5. The van der Waals surface area contributed by atoms with Crippen molar-refractivity contribution in [1.82, 2.24) is 4.98 Å². The summed E-state index contributed by atoms with van der Waals surface area (Å²) >= 11 is 0. The monoisotopic (exact) mass is 340 g/mol. The van der Waals surface area contributed by atoms with Crippen molar-refractivity contribution >= 4 is 28.8 Å². The molecule has 0 saturated heterocycles. The summed E-state index contributed by atoms with van der Waals surface area (Å²) in [6, 6.07) is 8.68. The molecule has 1 fully saturated rings. The van der Waals surface area contributed by atoms with Crippen LogP contribution in [0.25, 0.3) is 17.2 Å². The summed E-state index contributed by atoms with van der Waals surface area (Å²) in [6.45, 7) is 0. The van der Waals surface area contributed by atoms with Crippen molar-refractivity contribution in [2.24, 2.45) is 0 Å². The highest BCUT2D eigenvalue weighted by Gasteiger charge is 2.28. The molecule has 126 valence electrons. The SMILES string of the molecule is O=C(/C=C/c1c(F)cccc1F)Nc1ccc2oc(C3CC3)nc2c1. The Morgan fingerprint density at radius 3 is 2.68 bits per heavy atom. The van der Waals surface area contributed by atoms with Gasteiger partial charge in [0, 0.05) is 23.2 Å². The van der Waals surface area contributed by atoms with E-state index in [1.807, 2.05) is 0 Å². The normalized spacial score (nSPS) is 14.3.